The molecule has 0 aliphatic heterocycles. The SMILES string of the molecule is COCOc1ccc(-c2cc([S+](C)[O-])nn2-c2ccc(OC)cc2)cc1. The van der Waals surface area contributed by atoms with Gasteiger partial charge in [0, 0.05) is 29.9 Å². The molecule has 0 aliphatic rings. The highest BCUT2D eigenvalue weighted by Crippen LogP contribution is 2.28. The van der Waals surface area contributed by atoms with Crippen molar-refractivity contribution in [1.29, 1.82) is 0 Å². The number of nitrogens with zero attached hydrogens (tertiary/aromatic N) is 2. The lowest BCUT2D eigenvalue weighted by molar-refractivity contribution is 0.0511. The minimum Gasteiger partial charge on any atom is -0.610 e. The summed E-state index contributed by atoms with van der Waals surface area (Å²) in [4.78, 5) is 0. The van der Waals surface area contributed by atoms with Gasteiger partial charge in [0.1, 0.15) is 17.8 Å². The van der Waals surface area contributed by atoms with Crippen molar-refractivity contribution in [2.75, 3.05) is 27.3 Å². The summed E-state index contributed by atoms with van der Waals surface area (Å²) in [6, 6.07) is 17.0. The van der Waals surface area contributed by atoms with E-state index >= 15 is 0 Å². The van der Waals surface area contributed by atoms with E-state index in [0.29, 0.717) is 10.8 Å². The molecule has 0 N–H and O–H groups in total. The molecule has 7 heteroatoms. The van der Waals surface area contributed by atoms with Crippen LogP contribution in [-0.2, 0) is 15.9 Å². The second-order valence-corrected chi connectivity index (χ2v) is 6.83. The summed E-state index contributed by atoms with van der Waals surface area (Å²) >= 11 is -1.18. The summed E-state index contributed by atoms with van der Waals surface area (Å²) in [5.41, 5.74) is 2.64. The third kappa shape index (κ3) is 4.01. The molecule has 0 fully saturated rings. The number of benzene rings is 2. The van der Waals surface area contributed by atoms with Gasteiger partial charge in [0.15, 0.2) is 6.79 Å². The Morgan fingerprint density at radius 2 is 1.65 bits per heavy atom. The highest BCUT2D eigenvalue weighted by molar-refractivity contribution is 7.90. The lowest BCUT2D eigenvalue weighted by Gasteiger charge is -2.09. The summed E-state index contributed by atoms with van der Waals surface area (Å²) in [6.45, 7) is 0.197. The van der Waals surface area contributed by atoms with E-state index in [-0.39, 0.29) is 6.79 Å². The average Bonchev–Trinajstić information content (AvgIpc) is 3.12. The molecule has 1 heterocycles. The molecule has 6 nitrogen and oxygen atoms in total. The second kappa shape index (κ2) is 8.27. The van der Waals surface area contributed by atoms with Crippen molar-refractivity contribution in [2.45, 2.75) is 5.03 Å². The lowest BCUT2D eigenvalue weighted by Crippen LogP contribution is -2.02. The molecule has 3 aromatic rings. The highest BCUT2D eigenvalue weighted by atomic mass is 32.2. The van der Waals surface area contributed by atoms with E-state index in [9.17, 15) is 4.55 Å². The zero-order valence-electron chi connectivity index (χ0n) is 14.8. The van der Waals surface area contributed by atoms with Crippen molar-refractivity contribution >= 4 is 11.2 Å². The fraction of sp³-hybridized carbons (Fsp3) is 0.211. The maximum absolute atomic E-state index is 11.9. The van der Waals surface area contributed by atoms with Crippen LogP contribution in [0.5, 0.6) is 11.5 Å². The van der Waals surface area contributed by atoms with Crippen molar-refractivity contribution in [3.05, 3.63) is 54.6 Å². The Labute approximate surface area is 155 Å². The van der Waals surface area contributed by atoms with Gasteiger partial charge < -0.3 is 18.8 Å². The van der Waals surface area contributed by atoms with Crippen molar-refractivity contribution in [2.24, 2.45) is 0 Å². The fourth-order valence-corrected chi connectivity index (χ4v) is 2.95. The predicted octanol–water partition coefficient (Wildman–Crippen LogP) is 3.27. The minimum absolute atomic E-state index is 0.197. The molecule has 0 bridgehead atoms. The van der Waals surface area contributed by atoms with E-state index in [4.69, 9.17) is 14.2 Å². The van der Waals surface area contributed by atoms with Crippen LogP contribution >= 0.6 is 0 Å². The summed E-state index contributed by atoms with van der Waals surface area (Å²) in [6.07, 6.45) is 1.62. The maximum atomic E-state index is 11.9. The molecule has 1 atom stereocenters. The zero-order chi connectivity index (χ0) is 18.5. The van der Waals surface area contributed by atoms with Crippen LogP contribution in [0.3, 0.4) is 0 Å². The van der Waals surface area contributed by atoms with Gasteiger partial charge >= 0.3 is 0 Å². The summed E-state index contributed by atoms with van der Waals surface area (Å²) in [5.74, 6) is 1.48. The van der Waals surface area contributed by atoms with Gasteiger partial charge in [-0.25, -0.2) is 4.68 Å². The Kier molecular flexibility index (Phi) is 5.82. The standard InChI is InChI=1S/C19H20N2O4S/c1-23-13-25-17-8-4-14(5-9-17)18-12-19(26(3)22)20-21(18)15-6-10-16(24-2)11-7-15/h4-12H,13H2,1-3H3. The summed E-state index contributed by atoms with van der Waals surface area (Å²) in [5, 5.41) is 5.03. The molecular formula is C19H20N2O4S. The van der Waals surface area contributed by atoms with Crippen molar-refractivity contribution < 1.29 is 18.8 Å². The van der Waals surface area contributed by atoms with Crippen LogP contribution in [-0.4, -0.2) is 41.6 Å². The third-order valence-corrected chi connectivity index (χ3v) is 4.58. The molecule has 0 saturated heterocycles. The molecule has 0 radical (unpaired) electrons. The number of aromatic nitrogens is 2. The van der Waals surface area contributed by atoms with Crippen LogP contribution in [0.4, 0.5) is 0 Å². The first kappa shape index (κ1) is 18.3. The molecule has 26 heavy (non-hydrogen) atoms. The predicted molar refractivity (Wildman–Crippen MR) is 100 cm³/mol. The van der Waals surface area contributed by atoms with Crippen molar-refractivity contribution in [3.63, 3.8) is 0 Å². The van der Waals surface area contributed by atoms with E-state index in [1.165, 1.54) is 0 Å². The van der Waals surface area contributed by atoms with Crippen LogP contribution in [0.1, 0.15) is 0 Å². The van der Waals surface area contributed by atoms with Gasteiger partial charge in [-0.2, -0.15) is 0 Å². The molecule has 1 aromatic heterocycles. The number of hydrogen-bond acceptors (Lipinski definition) is 5. The first-order valence-electron chi connectivity index (χ1n) is 7.92. The Morgan fingerprint density at radius 3 is 2.23 bits per heavy atom. The normalized spacial score (nSPS) is 12.0. The smallest absolute Gasteiger partial charge is 0.263 e. The van der Waals surface area contributed by atoms with Crippen LogP contribution in [0.25, 0.3) is 16.9 Å². The van der Waals surface area contributed by atoms with Crippen LogP contribution in [0.15, 0.2) is 59.6 Å². The highest BCUT2D eigenvalue weighted by Gasteiger charge is 2.17. The van der Waals surface area contributed by atoms with Crippen LogP contribution < -0.4 is 9.47 Å². The van der Waals surface area contributed by atoms with Crippen molar-refractivity contribution in [1.82, 2.24) is 9.78 Å². The van der Waals surface area contributed by atoms with Gasteiger partial charge in [0.25, 0.3) is 5.03 Å². The third-order valence-electron chi connectivity index (χ3n) is 3.79. The van der Waals surface area contributed by atoms with E-state index in [1.807, 2.05) is 54.6 Å². The van der Waals surface area contributed by atoms with Gasteiger partial charge in [0.05, 0.1) is 18.5 Å². The number of ether oxygens (including phenoxy) is 3. The number of rotatable bonds is 7. The molecular weight excluding hydrogens is 352 g/mol. The Balaban J connectivity index is 1.99. The maximum Gasteiger partial charge on any atom is 0.263 e. The molecule has 3 rings (SSSR count). The zero-order valence-corrected chi connectivity index (χ0v) is 15.7. The van der Waals surface area contributed by atoms with Crippen LogP contribution in [0.2, 0.25) is 0 Å². The summed E-state index contributed by atoms with van der Waals surface area (Å²) < 4.78 is 29.2. The van der Waals surface area contributed by atoms with E-state index in [1.54, 1.807) is 25.2 Å². The Morgan fingerprint density at radius 1 is 1.00 bits per heavy atom. The summed E-state index contributed by atoms with van der Waals surface area (Å²) in [7, 11) is 3.20. The molecule has 1 unspecified atom stereocenters. The monoisotopic (exact) mass is 372 g/mol. The van der Waals surface area contributed by atoms with Gasteiger partial charge in [-0.15, -0.1) is 5.10 Å². The average molecular weight is 372 g/mol. The van der Waals surface area contributed by atoms with Gasteiger partial charge in [-0.3, -0.25) is 0 Å². The Bertz CT molecular complexity index is 845. The van der Waals surface area contributed by atoms with Gasteiger partial charge in [-0.1, -0.05) is 0 Å². The van der Waals surface area contributed by atoms with E-state index in [2.05, 4.69) is 5.10 Å². The molecule has 0 aliphatic carbocycles. The van der Waals surface area contributed by atoms with E-state index in [0.717, 1.165) is 22.7 Å². The van der Waals surface area contributed by atoms with Crippen molar-refractivity contribution in [3.8, 4) is 28.4 Å². The van der Waals surface area contributed by atoms with Gasteiger partial charge in [0.2, 0.25) is 0 Å². The number of hydrogen-bond donors (Lipinski definition) is 0. The fourth-order valence-electron chi connectivity index (χ4n) is 2.47. The molecule has 2 aromatic carbocycles. The first-order chi connectivity index (χ1) is 12.6. The molecule has 0 amide bonds. The molecule has 0 saturated carbocycles. The Hall–Kier alpha value is -2.48. The number of methoxy groups -OCH3 is 2. The molecule has 0 spiro atoms. The molecule has 136 valence electrons. The minimum atomic E-state index is -1.18. The first-order valence-corrected chi connectivity index (χ1v) is 9.48. The van der Waals surface area contributed by atoms with Crippen LogP contribution in [0, 0.1) is 0 Å². The largest absolute Gasteiger partial charge is 0.610 e. The topological polar surface area (TPSA) is 68.6 Å². The van der Waals surface area contributed by atoms with E-state index < -0.39 is 11.2 Å². The second-order valence-electron chi connectivity index (χ2n) is 5.51. The quantitative estimate of drug-likeness (QED) is 0.470. The lowest BCUT2D eigenvalue weighted by atomic mass is 10.1. The van der Waals surface area contributed by atoms with Gasteiger partial charge in [-0.05, 0) is 48.5 Å².